The van der Waals surface area contributed by atoms with Gasteiger partial charge < -0.3 is 5.32 Å². The molecule has 2 rings (SSSR count). The highest BCUT2D eigenvalue weighted by Crippen LogP contribution is 2.29. The van der Waals surface area contributed by atoms with Crippen molar-refractivity contribution in [1.29, 1.82) is 0 Å². The average molecular weight is 321 g/mol. The van der Waals surface area contributed by atoms with Crippen molar-refractivity contribution in [2.75, 3.05) is 11.9 Å². The number of hydrogen-bond donors (Lipinski definition) is 1. The van der Waals surface area contributed by atoms with Gasteiger partial charge in [-0.2, -0.15) is 0 Å². The molecule has 0 unspecified atom stereocenters. The van der Waals surface area contributed by atoms with Gasteiger partial charge >= 0.3 is 0 Å². The molecule has 90 valence electrons. The molecule has 0 fully saturated rings. The van der Waals surface area contributed by atoms with Crippen LogP contribution in [0.25, 0.3) is 0 Å². The third-order valence-corrected chi connectivity index (χ3v) is 3.72. The topological polar surface area (TPSA) is 12.0 Å². The van der Waals surface area contributed by atoms with Gasteiger partial charge in [-0.05, 0) is 40.2 Å². The molecule has 2 aromatic rings. The van der Waals surface area contributed by atoms with Crippen LogP contribution in [0.4, 0.5) is 5.69 Å². The molecular formula is C15H11BrClN. The van der Waals surface area contributed by atoms with Crippen LogP contribution in [0.3, 0.4) is 0 Å². The zero-order valence-electron chi connectivity index (χ0n) is 9.58. The Morgan fingerprint density at radius 2 is 1.83 bits per heavy atom. The molecule has 1 nitrogen and oxygen atoms in total. The van der Waals surface area contributed by atoms with Gasteiger partial charge in [0.25, 0.3) is 0 Å². The summed E-state index contributed by atoms with van der Waals surface area (Å²) in [7, 11) is 0. The van der Waals surface area contributed by atoms with Crippen LogP contribution < -0.4 is 5.32 Å². The molecule has 18 heavy (non-hydrogen) atoms. The Kier molecular flexibility index (Phi) is 4.69. The lowest BCUT2D eigenvalue weighted by Crippen LogP contribution is -1.99. The summed E-state index contributed by atoms with van der Waals surface area (Å²) in [5.41, 5.74) is 1.97. The first-order chi connectivity index (χ1) is 8.77. The number of benzene rings is 2. The molecule has 0 saturated heterocycles. The number of nitrogens with one attached hydrogen (secondary N) is 1. The van der Waals surface area contributed by atoms with Crippen LogP contribution in [-0.4, -0.2) is 6.54 Å². The summed E-state index contributed by atoms with van der Waals surface area (Å²) in [5, 5.41) is 3.91. The Morgan fingerprint density at radius 1 is 1.06 bits per heavy atom. The highest BCUT2D eigenvalue weighted by Gasteiger charge is 2.01. The van der Waals surface area contributed by atoms with Crippen LogP contribution in [-0.2, 0) is 0 Å². The first-order valence-electron chi connectivity index (χ1n) is 5.49. The second-order valence-corrected chi connectivity index (χ2v) is 4.82. The molecule has 0 aromatic heterocycles. The van der Waals surface area contributed by atoms with Crippen LogP contribution in [0.2, 0.25) is 5.02 Å². The Bertz CT molecular complexity index is 584. The summed E-state index contributed by atoms with van der Waals surface area (Å²) in [6.07, 6.45) is 0. The lowest BCUT2D eigenvalue weighted by atomic mass is 10.2. The normalized spacial score (nSPS) is 9.44. The molecule has 0 aliphatic heterocycles. The second-order valence-electron chi connectivity index (χ2n) is 3.62. The third kappa shape index (κ3) is 3.53. The van der Waals surface area contributed by atoms with Crippen molar-refractivity contribution in [2.24, 2.45) is 0 Å². The van der Waals surface area contributed by atoms with E-state index >= 15 is 0 Å². The fourth-order valence-corrected chi connectivity index (χ4v) is 2.03. The van der Waals surface area contributed by atoms with Gasteiger partial charge in [-0.15, -0.1) is 0 Å². The van der Waals surface area contributed by atoms with Crippen molar-refractivity contribution in [3.05, 3.63) is 63.6 Å². The van der Waals surface area contributed by atoms with Gasteiger partial charge in [0.1, 0.15) is 0 Å². The predicted octanol–water partition coefficient (Wildman–Crippen LogP) is 4.57. The molecule has 0 saturated carbocycles. The highest BCUT2D eigenvalue weighted by molar-refractivity contribution is 9.10. The summed E-state index contributed by atoms with van der Waals surface area (Å²) in [6.45, 7) is 0.577. The minimum absolute atomic E-state index is 0.577. The molecule has 0 atom stereocenters. The Labute approximate surface area is 120 Å². The zero-order chi connectivity index (χ0) is 12.8. The van der Waals surface area contributed by atoms with Crippen molar-refractivity contribution < 1.29 is 0 Å². The maximum Gasteiger partial charge on any atom is 0.0770 e. The molecule has 0 heterocycles. The van der Waals surface area contributed by atoms with Crippen molar-refractivity contribution in [3.8, 4) is 11.8 Å². The second kappa shape index (κ2) is 6.49. The van der Waals surface area contributed by atoms with Crippen molar-refractivity contribution in [2.45, 2.75) is 0 Å². The van der Waals surface area contributed by atoms with E-state index in [0.29, 0.717) is 11.6 Å². The third-order valence-electron chi connectivity index (χ3n) is 2.33. The Morgan fingerprint density at radius 3 is 2.61 bits per heavy atom. The predicted molar refractivity (Wildman–Crippen MR) is 81.0 cm³/mol. The van der Waals surface area contributed by atoms with E-state index in [0.717, 1.165) is 15.7 Å². The van der Waals surface area contributed by atoms with Crippen LogP contribution in [0.5, 0.6) is 0 Å². The summed E-state index contributed by atoms with van der Waals surface area (Å²) in [5.74, 6) is 6.16. The molecule has 0 radical (unpaired) electrons. The van der Waals surface area contributed by atoms with Crippen molar-refractivity contribution in [1.82, 2.24) is 0 Å². The first kappa shape index (κ1) is 13.0. The standard InChI is InChI=1S/C15H11BrClN/c16-15-13(17)9-4-10-14(15)18-11-5-8-12-6-2-1-3-7-12/h1-4,6-7,9-10,18H,11H2. The monoisotopic (exact) mass is 319 g/mol. The van der Waals surface area contributed by atoms with E-state index in [1.165, 1.54) is 0 Å². The first-order valence-corrected chi connectivity index (χ1v) is 6.66. The molecular weight excluding hydrogens is 310 g/mol. The molecule has 0 spiro atoms. The fraction of sp³-hybridized carbons (Fsp3) is 0.0667. The molecule has 1 N–H and O–H groups in total. The fourth-order valence-electron chi connectivity index (χ4n) is 1.45. The molecule has 0 amide bonds. The van der Waals surface area contributed by atoms with E-state index in [1.54, 1.807) is 0 Å². The minimum Gasteiger partial charge on any atom is -0.373 e. The number of anilines is 1. The van der Waals surface area contributed by atoms with Gasteiger partial charge in [0.15, 0.2) is 0 Å². The van der Waals surface area contributed by atoms with E-state index in [-0.39, 0.29) is 0 Å². The molecule has 0 aliphatic rings. The Hall–Kier alpha value is -1.43. The lowest BCUT2D eigenvalue weighted by molar-refractivity contribution is 1.37. The number of halogens is 2. The maximum atomic E-state index is 6.00. The van der Waals surface area contributed by atoms with Crippen molar-refractivity contribution >= 4 is 33.2 Å². The van der Waals surface area contributed by atoms with Gasteiger partial charge in [-0.1, -0.05) is 47.7 Å². The van der Waals surface area contributed by atoms with Gasteiger partial charge in [-0.25, -0.2) is 0 Å². The van der Waals surface area contributed by atoms with Gasteiger partial charge in [0, 0.05) is 5.56 Å². The maximum absolute atomic E-state index is 6.00. The molecule has 0 bridgehead atoms. The van der Waals surface area contributed by atoms with Crippen molar-refractivity contribution in [3.63, 3.8) is 0 Å². The van der Waals surface area contributed by atoms with Gasteiger partial charge in [-0.3, -0.25) is 0 Å². The van der Waals surface area contributed by atoms with E-state index in [4.69, 9.17) is 11.6 Å². The van der Waals surface area contributed by atoms with Crippen LogP contribution >= 0.6 is 27.5 Å². The quantitative estimate of drug-likeness (QED) is 0.800. The molecule has 0 aliphatic carbocycles. The Balaban J connectivity index is 1.97. The smallest absolute Gasteiger partial charge is 0.0770 e. The summed E-state index contributed by atoms with van der Waals surface area (Å²) in [6, 6.07) is 15.6. The number of hydrogen-bond acceptors (Lipinski definition) is 1. The SMILES string of the molecule is Clc1cccc(NCC#Cc2ccccc2)c1Br. The highest BCUT2D eigenvalue weighted by atomic mass is 79.9. The van der Waals surface area contributed by atoms with E-state index in [1.807, 2.05) is 48.5 Å². The lowest BCUT2D eigenvalue weighted by Gasteiger charge is -2.05. The number of rotatable bonds is 2. The molecule has 2 aromatic carbocycles. The largest absolute Gasteiger partial charge is 0.373 e. The molecule has 3 heteroatoms. The summed E-state index contributed by atoms with van der Waals surface area (Å²) >= 11 is 9.43. The van der Waals surface area contributed by atoms with Crippen LogP contribution in [0.15, 0.2) is 53.0 Å². The van der Waals surface area contributed by atoms with E-state index in [2.05, 4.69) is 33.1 Å². The van der Waals surface area contributed by atoms with Crippen LogP contribution in [0, 0.1) is 11.8 Å². The van der Waals surface area contributed by atoms with Gasteiger partial charge in [0.05, 0.1) is 21.7 Å². The summed E-state index contributed by atoms with van der Waals surface area (Å²) < 4.78 is 0.869. The zero-order valence-corrected chi connectivity index (χ0v) is 11.9. The van der Waals surface area contributed by atoms with Crippen LogP contribution in [0.1, 0.15) is 5.56 Å². The average Bonchev–Trinajstić information content (AvgIpc) is 2.40. The minimum atomic E-state index is 0.577. The van der Waals surface area contributed by atoms with Gasteiger partial charge in [0.2, 0.25) is 0 Å². The summed E-state index contributed by atoms with van der Waals surface area (Å²) in [4.78, 5) is 0. The van der Waals surface area contributed by atoms with E-state index in [9.17, 15) is 0 Å². The van der Waals surface area contributed by atoms with E-state index < -0.39 is 0 Å².